The van der Waals surface area contributed by atoms with Gasteiger partial charge in [0.25, 0.3) is 0 Å². The second-order valence-electron chi connectivity index (χ2n) is 5.89. The Hall–Kier alpha value is -1.83. The molecule has 94 valence electrons. The number of Topliss-reactive ketones (excluding diaryl/α,β-unsaturated/α-hetero) is 1. The highest BCUT2D eigenvalue weighted by atomic mass is 16.1. The van der Waals surface area contributed by atoms with Crippen LogP contribution in [0.3, 0.4) is 0 Å². The van der Waals surface area contributed by atoms with Crippen molar-refractivity contribution in [2.75, 3.05) is 0 Å². The van der Waals surface area contributed by atoms with Crippen LogP contribution in [0.2, 0.25) is 19.0 Å². The molecule has 2 heteroatoms. The largest absolute Gasteiger partial charge is 0.289 e. The number of fused-ring (bicyclic) bond motifs is 3. The van der Waals surface area contributed by atoms with Crippen molar-refractivity contribution >= 4 is 18.1 Å². The molecule has 1 nitrogen and oxygen atoms in total. The predicted molar refractivity (Wildman–Crippen MR) is 81.8 cm³/mol. The SMILES string of the molecule is CB(C)C1(C)C=CC=C2C(=O)c3ccccc3C2=C1. The first-order valence-electron chi connectivity index (χ1n) is 6.80. The molecule has 3 rings (SSSR count). The second-order valence-corrected chi connectivity index (χ2v) is 5.89. The molecule has 0 heterocycles. The van der Waals surface area contributed by atoms with E-state index in [0.29, 0.717) is 6.71 Å². The summed E-state index contributed by atoms with van der Waals surface area (Å²) in [7, 11) is 0. The van der Waals surface area contributed by atoms with Gasteiger partial charge in [-0.3, -0.25) is 4.79 Å². The van der Waals surface area contributed by atoms with Crippen molar-refractivity contribution < 1.29 is 4.79 Å². The molecule has 2 aliphatic rings. The minimum Gasteiger partial charge on any atom is -0.289 e. The molecule has 1 atom stereocenters. The van der Waals surface area contributed by atoms with E-state index in [1.807, 2.05) is 36.4 Å². The van der Waals surface area contributed by atoms with Gasteiger partial charge in [0.15, 0.2) is 5.78 Å². The van der Waals surface area contributed by atoms with E-state index in [9.17, 15) is 4.79 Å². The Morgan fingerprint density at radius 1 is 1.05 bits per heavy atom. The van der Waals surface area contributed by atoms with Crippen LogP contribution in [0.25, 0.3) is 5.57 Å². The minimum absolute atomic E-state index is 0.00862. The molecule has 0 saturated heterocycles. The molecule has 2 aliphatic carbocycles. The third-order valence-corrected chi connectivity index (χ3v) is 4.41. The van der Waals surface area contributed by atoms with Crippen LogP contribution in [-0.4, -0.2) is 12.5 Å². The molecule has 0 spiro atoms. The van der Waals surface area contributed by atoms with Crippen LogP contribution >= 0.6 is 0 Å². The normalized spacial score (nSPS) is 24.3. The van der Waals surface area contributed by atoms with Gasteiger partial charge in [0.1, 0.15) is 6.71 Å². The maximum Gasteiger partial charge on any atom is 0.194 e. The first-order chi connectivity index (χ1) is 9.03. The number of benzene rings is 1. The lowest BCUT2D eigenvalue weighted by molar-refractivity contribution is 0.104. The molecular formula is C17H17BO. The molecule has 1 unspecified atom stereocenters. The van der Waals surface area contributed by atoms with Gasteiger partial charge in [0, 0.05) is 11.1 Å². The van der Waals surface area contributed by atoms with Crippen LogP contribution in [0.15, 0.2) is 54.1 Å². The van der Waals surface area contributed by atoms with Crippen LogP contribution in [0.1, 0.15) is 22.8 Å². The fraction of sp³-hybridized carbons (Fsp3) is 0.235. The first-order valence-corrected chi connectivity index (χ1v) is 6.80. The van der Waals surface area contributed by atoms with Crippen LogP contribution in [0.4, 0.5) is 0 Å². The lowest BCUT2D eigenvalue weighted by Gasteiger charge is -2.25. The Morgan fingerprint density at radius 3 is 2.42 bits per heavy atom. The van der Waals surface area contributed by atoms with Gasteiger partial charge in [0.2, 0.25) is 0 Å². The van der Waals surface area contributed by atoms with Crippen molar-refractivity contribution in [3.63, 3.8) is 0 Å². The summed E-state index contributed by atoms with van der Waals surface area (Å²) < 4.78 is 0. The molecule has 19 heavy (non-hydrogen) atoms. The summed E-state index contributed by atoms with van der Waals surface area (Å²) in [6, 6.07) is 7.90. The summed E-state index contributed by atoms with van der Waals surface area (Å²) in [4.78, 5) is 12.4. The van der Waals surface area contributed by atoms with E-state index in [1.54, 1.807) is 0 Å². The van der Waals surface area contributed by atoms with Crippen molar-refractivity contribution in [1.82, 2.24) is 0 Å². The zero-order chi connectivity index (χ0) is 13.6. The number of allylic oxidation sites excluding steroid dienone is 6. The Morgan fingerprint density at radius 2 is 1.74 bits per heavy atom. The minimum atomic E-state index is -0.00862. The standard InChI is InChI=1S/C17H17BO/c1-17(18(2)3)10-6-9-14-15(11-17)12-7-4-5-8-13(12)16(14)19/h4-11H,1-3H3. The third kappa shape index (κ3) is 1.74. The highest BCUT2D eigenvalue weighted by Crippen LogP contribution is 2.45. The Labute approximate surface area is 114 Å². The van der Waals surface area contributed by atoms with E-state index in [-0.39, 0.29) is 11.1 Å². The van der Waals surface area contributed by atoms with Crippen molar-refractivity contribution in [2.45, 2.75) is 25.9 Å². The van der Waals surface area contributed by atoms with E-state index < -0.39 is 0 Å². The fourth-order valence-corrected chi connectivity index (χ4v) is 2.72. The van der Waals surface area contributed by atoms with E-state index in [0.717, 1.165) is 22.3 Å². The van der Waals surface area contributed by atoms with Crippen molar-refractivity contribution in [2.24, 2.45) is 0 Å². The number of rotatable bonds is 1. The van der Waals surface area contributed by atoms with Gasteiger partial charge in [-0.25, -0.2) is 0 Å². The van der Waals surface area contributed by atoms with Gasteiger partial charge < -0.3 is 0 Å². The van der Waals surface area contributed by atoms with E-state index >= 15 is 0 Å². The number of ketones is 1. The highest BCUT2D eigenvalue weighted by molar-refractivity contribution is 6.61. The lowest BCUT2D eigenvalue weighted by atomic mass is 9.36. The zero-order valence-electron chi connectivity index (χ0n) is 11.6. The average Bonchev–Trinajstić information content (AvgIpc) is 2.56. The van der Waals surface area contributed by atoms with Gasteiger partial charge in [-0.1, -0.05) is 69.1 Å². The van der Waals surface area contributed by atoms with Crippen molar-refractivity contribution in [3.8, 4) is 0 Å². The van der Waals surface area contributed by atoms with Gasteiger partial charge in [-0.05, 0) is 16.5 Å². The molecule has 0 bridgehead atoms. The summed E-state index contributed by atoms with van der Waals surface area (Å²) in [5.74, 6) is 0.152. The molecule has 0 amide bonds. The monoisotopic (exact) mass is 248 g/mol. The fourth-order valence-electron chi connectivity index (χ4n) is 2.72. The quantitative estimate of drug-likeness (QED) is 0.678. The van der Waals surface area contributed by atoms with Crippen LogP contribution < -0.4 is 0 Å². The van der Waals surface area contributed by atoms with E-state index in [1.165, 1.54) is 0 Å². The second kappa shape index (κ2) is 4.09. The molecule has 0 N–H and O–H groups in total. The molecule has 1 aromatic carbocycles. The lowest BCUT2D eigenvalue weighted by Crippen LogP contribution is -2.20. The van der Waals surface area contributed by atoms with E-state index in [4.69, 9.17) is 0 Å². The number of carbonyl (C=O) groups excluding carboxylic acids is 1. The Kier molecular flexibility index (Phi) is 2.63. The molecular weight excluding hydrogens is 231 g/mol. The van der Waals surface area contributed by atoms with E-state index in [2.05, 4.69) is 32.7 Å². The van der Waals surface area contributed by atoms with Crippen LogP contribution in [0, 0.1) is 0 Å². The summed E-state index contributed by atoms with van der Waals surface area (Å²) in [6.07, 6.45) is 8.45. The number of hydrogen-bond acceptors (Lipinski definition) is 1. The highest BCUT2D eigenvalue weighted by Gasteiger charge is 2.34. The molecule has 1 aromatic rings. The zero-order valence-corrected chi connectivity index (χ0v) is 11.6. The first kappa shape index (κ1) is 12.2. The maximum atomic E-state index is 12.4. The van der Waals surface area contributed by atoms with Crippen molar-refractivity contribution in [3.05, 3.63) is 65.3 Å². The molecule has 0 aromatic heterocycles. The van der Waals surface area contributed by atoms with Crippen LogP contribution in [-0.2, 0) is 0 Å². The summed E-state index contributed by atoms with van der Waals surface area (Å²) in [5, 5.41) is -0.00862. The molecule has 0 saturated carbocycles. The van der Waals surface area contributed by atoms with Crippen LogP contribution in [0.5, 0.6) is 0 Å². The molecule has 0 aliphatic heterocycles. The maximum absolute atomic E-state index is 12.4. The van der Waals surface area contributed by atoms with Gasteiger partial charge in [0.05, 0.1) is 0 Å². The van der Waals surface area contributed by atoms with Crippen molar-refractivity contribution in [1.29, 1.82) is 0 Å². The van der Waals surface area contributed by atoms with Gasteiger partial charge in [-0.15, -0.1) is 0 Å². The summed E-state index contributed by atoms with van der Waals surface area (Å²) in [5.41, 5.74) is 3.85. The topological polar surface area (TPSA) is 17.1 Å². The summed E-state index contributed by atoms with van der Waals surface area (Å²) in [6.45, 7) is 7.15. The third-order valence-electron chi connectivity index (χ3n) is 4.41. The summed E-state index contributed by atoms with van der Waals surface area (Å²) >= 11 is 0. The van der Waals surface area contributed by atoms with Gasteiger partial charge >= 0.3 is 0 Å². The number of hydrogen-bond donors (Lipinski definition) is 0. The Balaban J connectivity index is 2.24. The number of carbonyl (C=O) groups is 1. The average molecular weight is 248 g/mol. The molecule has 0 radical (unpaired) electrons. The van der Waals surface area contributed by atoms with Gasteiger partial charge in [-0.2, -0.15) is 0 Å². The smallest absolute Gasteiger partial charge is 0.194 e. The predicted octanol–water partition coefficient (Wildman–Crippen LogP) is 4.28. The Bertz CT molecular complexity index is 649. The molecule has 0 fully saturated rings.